The van der Waals surface area contributed by atoms with Crippen molar-refractivity contribution in [2.24, 2.45) is 0 Å². The zero-order valence-corrected chi connectivity index (χ0v) is 18.1. The van der Waals surface area contributed by atoms with Crippen LogP contribution in [-0.2, 0) is 4.79 Å². The van der Waals surface area contributed by atoms with E-state index in [1.54, 1.807) is 38.3 Å². The Morgan fingerprint density at radius 2 is 1.77 bits per heavy atom. The van der Waals surface area contributed by atoms with E-state index < -0.39 is 12.0 Å². The molecule has 0 saturated carbocycles. The minimum atomic E-state index is -0.825. The predicted octanol–water partition coefficient (Wildman–Crippen LogP) is 3.98. The Morgan fingerprint density at radius 1 is 1.10 bits per heavy atom. The molecule has 1 N–H and O–H groups in total. The van der Waals surface area contributed by atoms with Gasteiger partial charge >= 0.3 is 0 Å². The van der Waals surface area contributed by atoms with Gasteiger partial charge in [-0.3, -0.25) is 15.0 Å². The van der Waals surface area contributed by atoms with Crippen LogP contribution in [0.3, 0.4) is 0 Å². The molecule has 0 radical (unpaired) electrons. The van der Waals surface area contributed by atoms with E-state index in [1.807, 2.05) is 37.3 Å². The van der Waals surface area contributed by atoms with E-state index in [-0.39, 0.29) is 5.56 Å². The Kier molecular flexibility index (Phi) is 5.73. The quantitative estimate of drug-likeness (QED) is 0.495. The number of aryl methyl sites for hydroxylation is 1. The standard InChI is InChI=1S/C23H21N3O4S/c1-14(30-18-11-9-17(29-3)10-12-18)21(27)25-26-13-24-22-20(23(26)28)19(15(2)31-22)16-7-5-4-6-8-16/h4-14H,1-3H3,(H,25,27). The first-order valence-corrected chi connectivity index (χ1v) is 10.5. The van der Waals surface area contributed by atoms with E-state index in [4.69, 9.17) is 9.47 Å². The average molecular weight is 436 g/mol. The number of thiophene rings is 1. The molecule has 2 aromatic carbocycles. The van der Waals surface area contributed by atoms with E-state index in [0.29, 0.717) is 21.7 Å². The fraction of sp³-hybridized carbons (Fsp3) is 0.174. The van der Waals surface area contributed by atoms with Gasteiger partial charge in [0, 0.05) is 10.4 Å². The number of fused-ring (bicyclic) bond motifs is 1. The van der Waals surface area contributed by atoms with Crippen molar-refractivity contribution >= 4 is 27.5 Å². The molecular weight excluding hydrogens is 414 g/mol. The van der Waals surface area contributed by atoms with Gasteiger partial charge in [0.15, 0.2) is 6.10 Å². The first-order chi connectivity index (χ1) is 15.0. The highest BCUT2D eigenvalue weighted by molar-refractivity contribution is 7.19. The number of nitrogens with zero attached hydrogens (tertiary/aromatic N) is 2. The lowest BCUT2D eigenvalue weighted by Crippen LogP contribution is -2.39. The summed E-state index contributed by atoms with van der Waals surface area (Å²) in [6.45, 7) is 3.57. The lowest BCUT2D eigenvalue weighted by Gasteiger charge is -2.15. The number of hydrogen-bond donors (Lipinski definition) is 1. The smallest absolute Gasteiger partial charge is 0.281 e. The van der Waals surface area contributed by atoms with Crippen molar-refractivity contribution in [2.45, 2.75) is 20.0 Å². The van der Waals surface area contributed by atoms with Crippen molar-refractivity contribution in [3.8, 4) is 22.6 Å². The SMILES string of the molecule is COc1ccc(OC(C)C(=O)Nn2cnc3sc(C)c(-c4ccccc4)c3c2=O)cc1. The van der Waals surface area contributed by atoms with Crippen molar-refractivity contribution in [1.82, 2.24) is 9.66 Å². The van der Waals surface area contributed by atoms with Gasteiger partial charge < -0.3 is 9.47 Å². The number of methoxy groups -OCH3 is 1. The topological polar surface area (TPSA) is 82.4 Å². The van der Waals surface area contributed by atoms with Crippen LogP contribution in [0.2, 0.25) is 0 Å². The molecule has 4 rings (SSSR count). The monoisotopic (exact) mass is 435 g/mol. The summed E-state index contributed by atoms with van der Waals surface area (Å²) in [4.78, 5) is 31.8. The molecule has 0 saturated heterocycles. The summed E-state index contributed by atoms with van der Waals surface area (Å²) in [6.07, 6.45) is 0.502. The molecule has 0 fully saturated rings. The zero-order chi connectivity index (χ0) is 22.0. The molecular formula is C23H21N3O4S. The Balaban J connectivity index is 1.60. The van der Waals surface area contributed by atoms with Crippen LogP contribution < -0.4 is 20.5 Å². The number of rotatable bonds is 6. The number of aromatic nitrogens is 2. The van der Waals surface area contributed by atoms with E-state index in [0.717, 1.165) is 20.7 Å². The highest BCUT2D eigenvalue weighted by Gasteiger charge is 2.20. The summed E-state index contributed by atoms with van der Waals surface area (Å²) in [5.74, 6) is 0.743. The lowest BCUT2D eigenvalue weighted by molar-refractivity contribution is -0.123. The summed E-state index contributed by atoms with van der Waals surface area (Å²) in [6, 6.07) is 16.6. The highest BCUT2D eigenvalue weighted by Crippen LogP contribution is 2.35. The second-order valence-corrected chi connectivity index (χ2v) is 8.11. The Labute approximate surface area is 182 Å². The van der Waals surface area contributed by atoms with E-state index in [2.05, 4.69) is 10.4 Å². The molecule has 2 heterocycles. The van der Waals surface area contributed by atoms with Gasteiger partial charge in [-0.2, -0.15) is 0 Å². The van der Waals surface area contributed by atoms with Crippen molar-refractivity contribution in [1.29, 1.82) is 0 Å². The van der Waals surface area contributed by atoms with Gasteiger partial charge in [-0.25, -0.2) is 9.66 Å². The maximum Gasteiger partial charge on any atom is 0.281 e. The third-order valence-corrected chi connectivity index (χ3v) is 5.84. The van der Waals surface area contributed by atoms with Crippen LogP contribution in [0.25, 0.3) is 21.3 Å². The molecule has 2 aromatic heterocycles. The fourth-order valence-corrected chi connectivity index (χ4v) is 4.26. The number of benzene rings is 2. The summed E-state index contributed by atoms with van der Waals surface area (Å²) < 4.78 is 11.9. The Hall–Kier alpha value is -3.65. The second-order valence-electron chi connectivity index (χ2n) is 6.91. The van der Waals surface area contributed by atoms with Crippen LogP contribution in [0, 0.1) is 6.92 Å². The van der Waals surface area contributed by atoms with Gasteiger partial charge in [-0.05, 0) is 43.7 Å². The summed E-state index contributed by atoms with van der Waals surface area (Å²) in [5.41, 5.74) is 4.03. The first kappa shape index (κ1) is 20.6. The van der Waals surface area contributed by atoms with Crippen molar-refractivity contribution < 1.29 is 14.3 Å². The average Bonchev–Trinajstić information content (AvgIpc) is 3.13. The second kappa shape index (κ2) is 8.61. The number of nitrogens with one attached hydrogen (secondary N) is 1. The van der Waals surface area contributed by atoms with E-state index in [9.17, 15) is 9.59 Å². The van der Waals surface area contributed by atoms with Crippen LogP contribution >= 0.6 is 11.3 Å². The summed E-state index contributed by atoms with van der Waals surface area (Å²) >= 11 is 1.45. The number of ether oxygens (including phenoxy) is 2. The van der Waals surface area contributed by atoms with E-state index >= 15 is 0 Å². The van der Waals surface area contributed by atoms with Crippen LogP contribution in [-0.4, -0.2) is 28.8 Å². The minimum Gasteiger partial charge on any atom is -0.497 e. The van der Waals surface area contributed by atoms with Gasteiger partial charge in [0.1, 0.15) is 22.7 Å². The van der Waals surface area contributed by atoms with Gasteiger partial charge in [0.25, 0.3) is 11.5 Å². The molecule has 1 atom stereocenters. The van der Waals surface area contributed by atoms with Gasteiger partial charge in [0.05, 0.1) is 12.5 Å². The molecule has 1 unspecified atom stereocenters. The molecule has 8 heteroatoms. The van der Waals surface area contributed by atoms with Gasteiger partial charge in [-0.15, -0.1) is 11.3 Å². The number of carbonyl (C=O) groups excluding carboxylic acids is 1. The molecule has 1 amide bonds. The lowest BCUT2D eigenvalue weighted by atomic mass is 10.0. The normalized spacial score (nSPS) is 11.8. The molecule has 4 aromatic rings. The molecule has 158 valence electrons. The van der Waals surface area contributed by atoms with Crippen LogP contribution in [0.1, 0.15) is 11.8 Å². The molecule has 31 heavy (non-hydrogen) atoms. The van der Waals surface area contributed by atoms with Crippen molar-refractivity contribution in [2.75, 3.05) is 12.5 Å². The minimum absolute atomic E-state index is 0.335. The van der Waals surface area contributed by atoms with Crippen LogP contribution in [0.5, 0.6) is 11.5 Å². The van der Waals surface area contributed by atoms with Crippen LogP contribution in [0.15, 0.2) is 65.7 Å². The Bertz CT molecular complexity index is 1280. The summed E-state index contributed by atoms with van der Waals surface area (Å²) in [5, 5.41) is 0.486. The third kappa shape index (κ3) is 4.15. The fourth-order valence-electron chi connectivity index (χ4n) is 3.26. The molecule has 0 aliphatic rings. The maximum absolute atomic E-state index is 13.2. The number of carbonyl (C=O) groups is 1. The number of amides is 1. The van der Waals surface area contributed by atoms with Gasteiger partial charge in [-0.1, -0.05) is 30.3 Å². The largest absolute Gasteiger partial charge is 0.497 e. The molecule has 0 bridgehead atoms. The van der Waals surface area contributed by atoms with Gasteiger partial charge in [0.2, 0.25) is 0 Å². The number of hydrogen-bond acceptors (Lipinski definition) is 6. The highest BCUT2D eigenvalue weighted by atomic mass is 32.1. The zero-order valence-electron chi connectivity index (χ0n) is 17.3. The summed E-state index contributed by atoms with van der Waals surface area (Å²) in [7, 11) is 1.58. The predicted molar refractivity (Wildman–Crippen MR) is 122 cm³/mol. The molecule has 0 aliphatic heterocycles. The third-order valence-electron chi connectivity index (χ3n) is 4.82. The molecule has 0 spiro atoms. The first-order valence-electron chi connectivity index (χ1n) is 9.65. The maximum atomic E-state index is 13.2. The molecule has 7 nitrogen and oxygen atoms in total. The van der Waals surface area contributed by atoms with Crippen molar-refractivity contribution in [3.63, 3.8) is 0 Å². The molecule has 0 aliphatic carbocycles. The van der Waals surface area contributed by atoms with Crippen molar-refractivity contribution in [3.05, 3.63) is 76.2 Å². The van der Waals surface area contributed by atoms with Crippen LogP contribution in [0.4, 0.5) is 0 Å². The van der Waals surface area contributed by atoms with E-state index in [1.165, 1.54) is 17.7 Å². The Morgan fingerprint density at radius 3 is 2.45 bits per heavy atom.